The van der Waals surface area contributed by atoms with Crippen molar-refractivity contribution in [2.75, 3.05) is 12.3 Å². The first kappa shape index (κ1) is 11.0. The molecule has 6 heteroatoms. The molecular weight excluding hydrogens is 226 g/mol. The van der Waals surface area contributed by atoms with Gasteiger partial charge in [-0.15, -0.1) is 0 Å². The molecule has 0 radical (unpaired) electrons. The van der Waals surface area contributed by atoms with Crippen LogP contribution in [0.5, 0.6) is 0 Å². The van der Waals surface area contributed by atoms with Gasteiger partial charge in [0.1, 0.15) is 11.8 Å². The first-order chi connectivity index (χ1) is 7.63. The fourth-order valence-electron chi connectivity index (χ4n) is 1.73. The van der Waals surface area contributed by atoms with Gasteiger partial charge in [0.2, 0.25) is 10.0 Å². The van der Waals surface area contributed by atoms with Gasteiger partial charge in [0.15, 0.2) is 0 Å². The molecule has 5 nitrogen and oxygen atoms in total. The van der Waals surface area contributed by atoms with E-state index in [4.69, 9.17) is 5.26 Å². The van der Waals surface area contributed by atoms with Crippen LogP contribution in [-0.2, 0) is 16.6 Å². The van der Waals surface area contributed by atoms with Gasteiger partial charge >= 0.3 is 0 Å². The summed E-state index contributed by atoms with van der Waals surface area (Å²) in [5.74, 6) is 0.204. The highest BCUT2D eigenvalue weighted by Gasteiger charge is 2.28. The smallest absolute Gasteiger partial charge is 0.214 e. The van der Waals surface area contributed by atoms with Crippen molar-refractivity contribution >= 4 is 10.0 Å². The minimum Gasteiger partial charge on any atom is -0.245 e. The molecule has 1 aliphatic heterocycles. The average molecular weight is 237 g/mol. The lowest BCUT2D eigenvalue weighted by atomic mass is 10.2. The van der Waals surface area contributed by atoms with E-state index in [1.165, 1.54) is 10.5 Å². The maximum atomic E-state index is 11.6. The molecule has 0 aromatic carbocycles. The summed E-state index contributed by atoms with van der Waals surface area (Å²) >= 11 is 0. The minimum absolute atomic E-state index is 0.204. The van der Waals surface area contributed by atoms with Gasteiger partial charge in [0.05, 0.1) is 5.75 Å². The highest BCUT2D eigenvalue weighted by atomic mass is 32.2. The molecule has 2 rings (SSSR count). The fraction of sp³-hybridized carbons (Fsp3) is 0.400. The lowest BCUT2D eigenvalue weighted by molar-refractivity contribution is 0.439. The van der Waals surface area contributed by atoms with Crippen molar-refractivity contribution < 1.29 is 8.42 Å². The van der Waals surface area contributed by atoms with Gasteiger partial charge in [-0.05, 0) is 12.5 Å². The number of sulfonamides is 1. The van der Waals surface area contributed by atoms with Gasteiger partial charge in [0.25, 0.3) is 0 Å². The second kappa shape index (κ2) is 4.20. The van der Waals surface area contributed by atoms with Crippen LogP contribution in [0.1, 0.15) is 17.7 Å². The molecule has 1 saturated heterocycles. The van der Waals surface area contributed by atoms with Crippen LogP contribution < -0.4 is 0 Å². The monoisotopic (exact) mass is 237 g/mol. The van der Waals surface area contributed by atoms with Crippen LogP contribution >= 0.6 is 0 Å². The molecule has 1 aromatic heterocycles. The first-order valence-electron chi connectivity index (χ1n) is 4.95. The normalized spacial score (nSPS) is 19.4. The quantitative estimate of drug-likeness (QED) is 0.750. The summed E-state index contributed by atoms with van der Waals surface area (Å²) in [4.78, 5) is 3.90. The Balaban J connectivity index is 2.25. The molecule has 0 unspecified atom stereocenters. The Morgan fingerprint density at radius 2 is 2.38 bits per heavy atom. The van der Waals surface area contributed by atoms with Gasteiger partial charge in [-0.3, -0.25) is 0 Å². The Labute approximate surface area is 94.4 Å². The van der Waals surface area contributed by atoms with Crippen LogP contribution in [0.3, 0.4) is 0 Å². The summed E-state index contributed by atoms with van der Waals surface area (Å²) in [5.41, 5.74) is 0.958. The number of hydrogen-bond acceptors (Lipinski definition) is 4. The second-order valence-corrected chi connectivity index (χ2v) is 5.71. The molecule has 0 amide bonds. The molecular formula is C10H11N3O2S. The molecule has 0 aliphatic carbocycles. The Bertz CT molecular complexity index is 533. The van der Waals surface area contributed by atoms with Crippen molar-refractivity contribution in [1.29, 1.82) is 5.26 Å². The van der Waals surface area contributed by atoms with E-state index in [9.17, 15) is 8.42 Å². The third kappa shape index (κ3) is 2.05. The molecule has 16 heavy (non-hydrogen) atoms. The first-order valence-corrected chi connectivity index (χ1v) is 6.56. The fourth-order valence-corrected chi connectivity index (χ4v) is 3.22. The van der Waals surface area contributed by atoms with E-state index in [1.54, 1.807) is 12.1 Å². The van der Waals surface area contributed by atoms with Crippen LogP contribution in [0.4, 0.5) is 0 Å². The Morgan fingerprint density at radius 3 is 3.00 bits per heavy atom. The zero-order valence-electron chi connectivity index (χ0n) is 8.63. The highest BCUT2D eigenvalue weighted by molar-refractivity contribution is 7.89. The summed E-state index contributed by atoms with van der Waals surface area (Å²) in [6, 6.07) is 5.41. The Kier molecular flexibility index (Phi) is 2.90. The maximum absolute atomic E-state index is 11.6. The largest absolute Gasteiger partial charge is 0.245 e. The van der Waals surface area contributed by atoms with Crippen LogP contribution in [0.25, 0.3) is 0 Å². The summed E-state index contributed by atoms with van der Waals surface area (Å²) in [6.07, 6.45) is 2.19. The van der Waals surface area contributed by atoms with Gasteiger partial charge in [-0.1, -0.05) is 6.07 Å². The third-order valence-corrected chi connectivity index (χ3v) is 4.45. The molecule has 2 heterocycles. The van der Waals surface area contributed by atoms with E-state index >= 15 is 0 Å². The van der Waals surface area contributed by atoms with Gasteiger partial charge in [0, 0.05) is 24.8 Å². The molecule has 1 aromatic rings. The molecule has 0 N–H and O–H groups in total. The van der Waals surface area contributed by atoms with Crippen molar-refractivity contribution in [3.8, 4) is 6.07 Å². The van der Waals surface area contributed by atoms with E-state index in [0.29, 0.717) is 24.2 Å². The van der Waals surface area contributed by atoms with Gasteiger partial charge < -0.3 is 0 Å². The molecule has 0 spiro atoms. The lowest BCUT2D eigenvalue weighted by Gasteiger charge is -2.14. The average Bonchev–Trinajstić information content (AvgIpc) is 2.59. The highest BCUT2D eigenvalue weighted by Crippen LogP contribution is 2.18. The SMILES string of the molecule is N#Cc1ncccc1CN1CCCS1(=O)=O. The number of pyridine rings is 1. The molecule has 1 aliphatic rings. The molecule has 1 fully saturated rings. The van der Waals surface area contributed by atoms with Crippen LogP contribution in [0.2, 0.25) is 0 Å². The summed E-state index contributed by atoms with van der Waals surface area (Å²) < 4.78 is 24.6. The van der Waals surface area contributed by atoms with Gasteiger partial charge in [-0.25, -0.2) is 13.4 Å². The number of aromatic nitrogens is 1. The molecule has 0 saturated carbocycles. The summed E-state index contributed by atoms with van der Waals surface area (Å²) in [5, 5.41) is 8.84. The zero-order valence-corrected chi connectivity index (χ0v) is 9.44. The van der Waals surface area contributed by atoms with Crippen molar-refractivity contribution in [3.05, 3.63) is 29.6 Å². The van der Waals surface area contributed by atoms with E-state index in [-0.39, 0.29) is 12.3 Å². The maximum Gasteiger partial charge on any atom is 0.214 e. The number of nitriles is 1. The van der Waals surface area contributed by atoms with Crippen molar-refractivity contribution in [1.82, 2.24) is 9.29 Å². The van der Waals surface area contributed by atoms with E-state index in [0.717, 1.165) is 0 Å². The van der Waals surface area contributed by atoms with Crippen LogP contribution in [0.15, 0.2) is 18.3 Å². The summed E-state index contributed by atoms with van der Waals surface area (Å²) in [7, 11) is -3.11. The van der Waals surface area contributed by atoms with E-state index < -0.39 is 10.0 Å². The topological polar surface area (TPSA) is 74.1 Å². The number of hydrogen-bond donors (Lipinski definition) is 0. The predicted molar refractivity (Wildman–Crippen MR) is 57.8 cm³/mol. The summed E-state index contributed by atoms with van der Waals surface area (Å²) in [6.45, 7) is 0.779. The molecule has 0 bridgehead atoms. The minimum atomic E-state index is -3.11. The van der Waals surface area contributed by atoms with E-state index in [1.807, 2.05) is 6.07 Å². The van der Waals surface area contributed by atoms with Crippen molar-refractivity contribution in [2.45, 2.75) is 13.0 Å². The number of nitrogens with zero attached hydrogens (tertiary/aromatic N) is 3. The Morgan fingerprint density at radius 1 is 1.56 bits per heavy atom. The van der Waals surface area contributed by atoms with E-state index in [2.05, 4.69) is 4.98 Å². The standard InChI is InChI=1S/C10H11N3O2S/c11-7-10-9(3-1-4-12-10)8-13-5-2-6-16(13,14)15/h1,3-4H,2,5-6,8H2. The van der Waals surface area contributed by atoms with Crippen molar-refractivity contribution in [3.63, 3.8) is 0 Å². The van der Waals surface area contributed by atoms with Gasteiger partial charge in [-0.2, -0.15) is 9.57 Å². The molecule has 0 atom stereocenters. The van der Waals surface area contributed by atoms with Crippen LogP contribution in [-0.4, -0.2) is 30.0 Å². The molecule has 84 valence electrons. The zero-order chi connectivity index (χ0) is 11.6. The third-order valence-electron chi connectivity index (χ3n) is 2.55. The predicted octanol–water partition coefficient (Wildman–Crippen LogP) is 0.489. The Hall–Kier alpha value is -1.45. The second-order valence-electron chi connectivity index (χ2n) is 3.63. The van der Waals surface area contributed by atoms with Crippen molar-refractivity contribution in [2.24, 2.45) is 0 Å². The lowest BCUT2D eigenvalue weighted by Crippen LogP contribution is -2.25. The number of rotatable bonds is 2. The van der Waals surface area contributed by atoms with Crippen LogP contribution in [0, 0.1) is 11.3 Å².